The first kappa shape index (κ1) is 16.9. The monoisotopic (exact) mass is 333 g/mol. The number of carbonyl (C=O) groups excluding carboxylic acids is 1. The van der Waals surface area contributed by atoms with E-state index in [9.17, 15) is 4.79 Å². The van der Waals surface area contributed by atoms with E-state index in [4.69, 9.17) is 9.47 Å². The van der Waals surface area contributed by atoms with Crippen LogP contribution in [0.4, 0.5) is 10.5 Å². The zero-order valence-corrected chi connectivity index (χ0v) is 14.5. The Kier molecular flexibility index (Phi) is 5.45. The van der Waals surface area contributed by atoms with E-state index < -0.39 is 0 Å². The SMILES string of the molecule is COc1cccc(N2CC[C@@H](CNC(=O)N3CCO[C@H](C)C3)C2)c1. The van der Waals surface area contributed by atoms with Gasteiger partial charge in [0.1, 0.15) is 5.75 Å². The molecule has 6 heteroatoms. The van der Waals surface area contributed by atoms with Crippen molar-refractivity contribution in [3.8, 4) is 5.75 Å². The number of ether oxygens (including phenoxy) is 2. The molecule has 2 aliphatic rings. The lowest BCUT2D eigenvalue weighted by Gasteiger charge is -2.31. The van der Waals surface area contributed by atoms with E-state index in [1.165, 1.54) is 5.69 Å². The van der Waals surface area contributed by atoms with Crippen LogP contribution in [0.2, 0.25) is 0 Å². The van der Waals surface area contributed by atoms with E-state index in [1.54, 1.807) is 7.11 Å². The van der Waals surface area contributed by atoms with Crippen LogP contribution in [0.1, 0.15) is 13.3 Å². The highest BCUT2D eigenvalue weighted by atomic mass is 16.5. The van der Waals surface area contributed by atoms with Crippen molar-refractivity contribution in [3.63, 3.8) is 0 Å². The fourth-order valence-corrected chi connectivity index (χ4v) is 3.39. The molecule has 0 bridgehead atoms. The van der Waals surface area contributed by atoms with Crippen molar-refractivity contribution < 1.29 is 14.3 Å². The highest BCUT2D eigenvalue weighted by Gasteiger charge is 2.25. The van der Waals surface area contributed by atoms with Gasteiger partial charge in [0.2, 0.25) is 0 Å². The summed E-state index contributed by atoms with van der Waals surface area (Å²) in [5, 5.41) is 3.09. The summed E-state index contributed by atoms with van der Waals surface area (Å²) in [5.74, 6) is 1.37. The minimum Gasteiger partial charge on any atom is -0.497 e. The van der Waals surface area contributed by atoms with Gasteiger partial charge in [-0.25, -0.2) is 4.79 Å². The van der Waals surface area contributed by atoms with Crippen molar-refractivity contribution in [2.24, 2.45) is 5.92 Å². The number of hydrogen-bond donors (Lipinski definition) is 1. The molecule has 0 radical (unpaired) electrons. The first-order valence-electron chi connectivity index (χ1n) is 8.69. The second kappa shape index (κ2) is 7.75. The maximum Gasteiger partial charge on any atom is 0.317 e. The molecular weight excluding hydrogens is 306 g/mol. The van der Waals surface area contributed by atoms with E-state index in [0.29, 0.717) is 25.6 Å². The van der Waals surface area contributed by atoms with Crippen LogP contribution < -0.4 is 15.0 Å². The van der Waals surface area contributed by atoms with Crippen LogP contribution in [0.3, 0.4) is 0 Å². The van der Waals surface area contributed by atoms with Crippen molar-refractivity contribution in [2.75, 3.05) is 51.3 Å². The molecule has 2 heterocycles. The summed E-state index contributed by atoms with van der Waals surface area (Å²) in [6.07, 6.45) is 1.22. The molecule has 2 atom stereocenters. The number of methoxy groups -OCH3 is 1. The number of anilines is 1. The highest BCUT2D eigenvalue weighted by molar-refractivity contribution is 5.74. The molecule has 0 spiro atoms. The van der Waals surface area contributed by atoms with Gasteiger partial charge in [0.25, 0.3) is 0 Å². The van der Waals surface area contributed by atoms with Gasteiger partial charge in [-0.05, 0) is 31.4 Å². The molecule has 0 aliphatic carbocycles. The summed E-state index contributed by atoms with van der Waals surface area (Å²) < 4.78 is 10.8. The van der Waals surface area contributed by atoms with E-state index in [0.717, 1.165) is 31.8 Å². The van der Waals surface area contributed by atoms with E-state index >= 15 is 0 Å². The van der Waals surface area contributed by atoms with Gasteiger partial charge in [-0.15, -0.1) is 0 Å². The van der Waals surface area contributed by atoms with Crippen LogP contribution in [0.25, 0.3) is 0 Å². The molecular formula is C18H27N3O3. The Morgan fingerprint density at radius 1 is 1.38 bits per heavy atom. The number of rotatable bonds is 4. The molecule has 2 fully saturated rings. The molecule has 3 rings (SSSR count). The van der Waals surface area contributed by atoms with Gasteiger partial charge in [-0.2, -0.15) is 0 Å². The average molecular weight is 333 g/mol. The smallest absolute Gasteiger partial charge is 0.317 e. The Balaban J connectivity index is 1.46. The molecule has 0 unspecified atom stereocenters. The number of amides is 2. The maximum atomic E-state index is 12.3. The number of hydrogen-bond acceptors (Lipinski definition) is 4. The Bertz CT molecular complexity index is 566. The van der Waals surface area contributed by atoms with Gasteiger partial charge < -0.3 is 24.6 Å². The molecule has 1 N–H and O–H groups in total. The van der Waals surface area contributed by atoms with E-state index in [-0.39, 0.29) is 12.1 Å². The molecule has 1 aromatic rings. The molecule has 6 nitrogen and oxygen atoms in total. The molecule has 0 aromatic heterocycles. The standard InChI is InChI=1S/C18H27N3O3/c1-14-12-21(8-9-24-14)18(22)19-11-15-6-7-20(13-15)16-4-3-5-17(10-16)23-2/h3-5,10,14-15H,6-9,11-13H2,1-2H3,(H,19,22)/t14-,15+/m1/s1. The Morgan fingerprint density at radius 2 is 2.25 bits per heavy atom. The average Bonchev–Trinajstić information content (AvgIpc) is 3.09. The summed E-state index contributed by atoms with van der Waals surface area (Å²) >= 11 is 0. The van der Waals surface area contributed by atoms with Gasteiger partial charge >= 0.3 is 6.03 Å². The van der Waals surface area contributed by atoms with Crippen molar-refractivity contribution in [1.29, 1.82) is 0 Å². The van der Waals surface area contributed by atoms with Crippen LogP contribution >= 0.6 is 0 Å². The van der Waals surface area contributed by atoms with Crippen molar-refractivity contribution in [3.05, 3.63) is 24.3 Å². The zero-order valence-electron chi connectivity index (χ0n) is 14.5. The molecule has 132 valence electrons. The molecule has 2 aliphatic heterocycles. The summed E-state index contributed by atoms with van der Waals surface area (Å²) in [6.45, 7) is 6.69. The summed E-state index contributed by atoms with van der Waals surface area (Å²) in [7, 11) is 1.69. The molecule has 24 heavy (non-hydrogen) atoms. The third kappa shape index (κ3) is 4.12. The van der Waals surface area contributed by atoms with Crippen LogP contribution in [-0.4, -0.2) is 63.5 Å². The lowest BCUT2D eigenvalue weighted by atomic mass is 10.1. The van der Waals surface area contributed by atoms with Crippen molar-refractivity contribution in [1.82, 2.24) is 10.2 Å². The Hall–Kier alpha value is -1.95. The number of nitrogens with zero attached hydrogens (tertiary/aromatic N) is 2. The van der Waals surface area contributed by atoms with Gasteiger partial charge in [0.05, 0.1) is 19.8 Å². The minimum atomic E-state index is 0.0324. The third-order valence-corrected chi connectivity index (χ3v) is 4.77. The normalized spacial score (nSPS) is 24.1. The number of carbonyl (C=O) groups is 1. The maximum absolute atomic E-state index is 12.3. The number of nitrogens with one attached hydrogen (secondary N) is 1. The molecule has 2 saturated heterocycles. The summed E-state index contributed by atoms with van der Waals surface area (Å²) in [5.41, 5.74) is 1.19. The summed E-state index contributed by atoms with van der Waals surface area (Å²) in [4.78, 5) is 16.5. The van der Waals surface area contributed by atoms with Gasteiger partial charge in [0.15, 0.2) is 0 Å². The van der Waals surface area contributed by atoms with Crippen molar-refractivity contribution >= 4 is 11.7 Å². The zero-order chi connectivity index (χ0) is 16.9. The number of morpholine rings is 1. The predicted octanol–water partition coefficient (Wildman–Crippen LogP) is 1.95. The molecule has 2 amide bonds. The predicted molar refractivity (Wildman–Crippen MR) is 93.7 cm³/mol. The second-order valence-electron chi connectivity index (χ2n) is 6.62. The van der Waals surface area contributed by atoms with E-state index in [2.05, 4.69) is 22.3 Å². The lowest BCUT2D eigenvalue weighted by Crippen LogP contribution is -2.49. The van der Waals surface area contributed by atoms with Gasteiger partial charge in [0, 0.05) is 44.5 Å². The van der Waals surface area contributed by atoms with Crippen LogP contribution in [-0.2, 0) is 4.74 Å². The van der Waals surface area contributed by atoms with Crippen molar-refractivity contribution in [2.45, 2.75) is 19.4 Å². The van der Waals surface area contributed by atoms with Crippen LogP contribution in [0.15, 0.2) is 24.3 Å². The number of benzene rings is 1. The first-order valence-corrected chi connectivity index (χ1v) is 8.69. The molecule has 0 saturated carbocycles. The number of urea groups is 1. The second-order valence-corrected chi connectivity index (χ2v) is 6.62. The van der Waals surface area contributed by atoms with Crippen LogP contribution in [0.5, 0.6) is 5.75 Å². The minimum absolute atomic E-state index is 0.0324. The quantitative estimate of drug-likeness (QED) is 0.915. The van der Waals surface area contributed by atoms with Gasteiger partial charge in [-0.3, -0.25) is 0 Å². The Labute approximate surface area is 143 Å². The Morgan fingerprint density at radius 3 is 3.04 bits per heavy atom. The van der Waals surface area contributed by atoms with Gasteiger partial charge in [-0.1, -0.05) is 6.07 Å². The van der Waals surface area contributed by atoms with E-state index in [1.807, 2.05) is 24.0 Å². The topological polar surface area (TPSA) is 54.0 Å². The highest BCUT2D eigenvalue weighted by Crippen LogP contribution is 2.26. The van der Waals surface area contributed by atoms with Crippen LogP contribution in [0, 0.1) is 5.92 Å². The molecule has 1 aromatic carbocycles. The lowest BCUT2D eigenvalue weighted by molar-refractivity contribution is -0.00355. The third-order valence-electron chi connectivity index (χ3n) is 4.77. The fraction of sp³-hybridized carbons (Fsp3) is 0.611. The fourth-order valence-electron chi connectivity index (χ4n) is 3.39. The first-order chi connectivity index (χ1) is 11.7. The summed E-state index contributed by atoms with van der Waals surface area (Å²) in [6, 6.07) is 8.18. The largest absolute Gasteiger partial charge is 0.497 e.